The first kappa shape index (κ1) is 20.1. The fraction of sp³-hybridized carbons (Fsp3) is 0.304. The number of hydrogen-bond acceptors (Lipinski definition) is 5. The van der Waals surface area contributed by atoms with Crippen molar-refractivity contribution in [1.82, 2.24) is 4.90 Å². The second kappa shape index (κ2) is 10.7. The summed E-state index contributed by atoms with van der Waals surface area (Å²) in [5, 5.41) is 10.5. The molecule has 0 aliphatic rings. The Labute approximate surface area is 166 Å². The second-order valence-electron chi connectivity index (χ2n) is 6.75. The summed E-state index contributed by atoms with van der Waals surface area (Å²) in [4.78, 5) is 2.15. The highest BCUT2D eigenvalue weighted by Crippen LogP contribution is 2.15. The fourth-order valence-electron chi connectivity index (χ4n) is 3.03. The van der Waals surface area contributed by atoms with Crippen molar-refractivity contribution < 1.29 is 19.0 Å². The van der Waals surface area contributed by atoms with Crippen molar-refractivity contribution in [2.75, 3.05) is 20.3 Å². The van der Waals surface area contributed by atoms with E-state index in [1.54, 1.807) is 13.4 Å². The Hall–Kier alpha value is -2.60. The molecule has 3 aromatic rings. The Kier molecular flexibility index (Phi) is 7.67. The Bertz CT molecular complexity index is 787. The van der Waals surface area contributed by atoms with Crippen molar-refractivity contribution >= 4 is 0 Å². The molecule has 0 unspecified atom stereocenters. The molecule has 0 saturated heterocycles. The van der Waals surface area contributed by atoms with Crippen LogP contribution in [0.25, 0.3) is 0 Å². The fourth-order valence-corrected chi connectivity index (χ4v) is 3.03. The summed E-state index contributed by atoms with van der Waals surface area (Å²) in [5.41, 5.74) is 2.24. The molecule has 148 valence electrons. The number of methoxy groups -OCH3 is 1. The molecule has 0 amide bonds. The normalized spacial score (nSPS) is 12.2. The quantitative estimate of drug-likeness (QED) is 0.546. The molecule has 28 heavy (non-hydrogen) atoms. The third-order valence-corrected chi connectivity index (χ3v) is 4.42. The number of hydrogen-bond donors (Lipinski definition) is 1. The van der Waals surface area contributed by atoms with Gasteiger partial charge in [0.25, 0.3) is 0 Å². The van der Waals surface area contributed by atoms with Crippen LogP contribution in [0.1, 0.15) is 16.9 Å². The van der Waals surface area contributed by atoms with Gasteiger partial charge in [-0.1, -0.05) is 42.5 Å². The molecule has 0 bridgehead atoms. The summed E-state index contributed by atoms with van der Waals surface area (Å²) < 4.78 is 16.4. The van der Waals surface area contributed by atoms with Crippen LogP contribution in [0.3, 0.4) is 0 Å². The second-order valence-corrected chi connectivity index (χ2v) is 6.75. The van der Waals surface area contributed by atoms with Gasteiger partial charge in [0.15, 0.2) is 0 Å². The van der Waals surface area contributed by atoms with Crippen LogP contribution >= 0.6 is 0 Å². The van der Waals surface area contributed by atoms with Gasteiger partial charge in [0.05, 0.1) is 39.2 Å². The molecule has 2 aromatic carbocycles. The van der Waals surface area contributed by atoms with Crippen LogP contribution in [-0.4, -0.2) is 36.4 Å². The molecular weight excluding hydrogens is 354 g/mol. The van der Waals surface area contributed by atoms with E-state index in [0.717, 1.165) is 22.6 Å². The molecule has 3 rings (SSSR count). The van der Waals surface area contributed by atoms with Crippen molar-refractivity contribution in [2.24, 2.45) is 0 Å². The van der Waals surface area contributed by atoms with Gasteiger partial charge in [0, 0.05) is 13.1 Å². The van der Waals surface area contributed by atoms with Crippen molar-refractivity contribution in [3.8, 4) is 5.75 Å². The number of rotatable bonds is 11. The minimum atomic E-state index is -0.586. The molecule has 5 heteroatoms. The maximum Gasteiger partial charge on any atom is 0.118 e. The summed E-state index contributed by atoms with van der Waals surface area (Å²) in [7, 11) is 1.66. The molecule has 0 aliphatic heterocycles. The predicted molar refractivity (Wildman–Crippen MR) is 108 cm³/mol. The van der Waals surface area contributed by atoms with Crippen LogP contribution < -0.4 is 4.74 Å². The predicted octanol–water partition coefficient (Wildman–Crippen LogP) is 3.87. The minimum absolute atomic E-state index is 0.284. The molecule has 5 nitrogen and oxygen atoms in total. The smallest absolute Gasteiger partial charge is 0.118 e. The summed E-state index contributed by atoms with van der Waals surface area (Å²) >= 11 is 0. The average Bonchev–Trinajstić information content (AvgIpc) is 3.22. The zero-order valence-electron chi connectivity index (χ0n) is 16.2. The summed E-state index contributed by atoms with van der Waals surface area (Å²) in [6, 6.07) is 21.7. The van der Waals surface area contributed by atoms with Crippen LogP contribution in [-0.2, 0) is 24.4 Å². The first-order valence-electron chi connectivity index (χ1n) is 9.40. The van der Waals surface area contributed by atoms with Gasteiger partial charge in [-0.15, -0.1) is 0 Å². The number of ether oxygens (including phenoxy) is 2. The van der Waals surface area contributed by atoms with Crippen LogP contribution in [0.15, 0.2) is 77.4 Å². The molecule has 0 saturated carbocycles. The van der Waals surface area contributed by atoms with E-state index >= 15 is 0 Å². The zero-order chi connectivity index (χ0) is 19.6. The molecule has 0 spiro atoms. The van der Waals surface area contributed by atoms with Crippen molar-refractivity contribution in [1.29, 1.82) is 0 Å². The topological polar surface area (TPSA) is 55.1 Å². The van der Waals surface area contributed by atoms with Crippen LogP contribution in [0.5, 0.6) is 5.75 Å². The van der Waals surface area contributed by atoms with Crippen LogP contribution in [0, 0.1) is 0 Å². The van der Waals surface area contributed by atoms with Crippen molar-refractivity contribution in [3.05, 3.63) is 89.9 Å². The number of aliphatic hydroxyl groups is 1. The van der Waals surface area contributed by atoms with E-state index in [1.165, 1.54) is 0 Å². The molecule has 1 atom stereocenters. The molecule has 1 heterocycles. The van der Waals surface area contributed by atoms with Crippen molar-refractivity contribution in [3.63, 3.8) is 0 Å². The average molecular weight is 381 g/mol. The molecule has 0 radical (unpaired) electrons. The third-order valence-electron chi connectivity index (χ3n) is 4.42. The van der Waals surface area contributed by atoms with E-state index < -0.39 is 6.10 Å². The highest BCUT2D eigenvalue weighted by atomic mass is 16.5. The number of aliphatic hydroxyl groups excluding tert-OH is 1. The Morgan fingerprint density at radius 1 is 0.929 bits per heavy atom. The maximum atomic E-state index is 10.5. The molecule has 1 N–H and O–H groups in total. The number of furan rings is 1. The standard InChI is InChI=1S/C23H27NO4/c1-26-22-11-9-19(10-12-22)14-24(16-23-8-5-13-28-23)15-21(25)18-27-17-20-6-3-2-4-7-20/h2-13,21,25H,14-18H2,1H3/t21-/m0/s1. The van der Waals surface area contributed by atoms with Gasteiger partial charge in [0.1, 0.15) is 11.5 Å². The van der Waals surface area contributed by atoms with E-state index in [-0.39, 0.29) is 6.61 Å². The van der Waals surface area contributed by atoms with Crippen molar-refractivity contribution in [2.45, 2.75) is 25.8 Å². The molecule has 1 aromatic heterocycles. The van der Waals surface area contributed by atoms with E-state index in [0.29, 0.717) is 26.2 Å². The van der Waals surface area contributed by atoms with Gasteiger partial charge in [-0.25, -0.2) is 0 Å². The molecule has 0 fully saturated rings. The van der Waals surface area contributed by atoms with Gasteiger partial charge >= 0.3 is 0 Å². The Morgan fingerprint density at radius 2 is 1.71 bits per heavy atom. The van der Waals surface area contributed by atoms with Gasteiger partial charge < -0.3 is 19.0 Å². The van der Waals surface area contributed by atoms with Crippen LogP contribution in [0.2, 0.25) is 0 Å². The van der Waals surface area contributed by atoms with E-state index in [2.05, 4.69) is 4.90 Å². The number of nitrogens with zero attached hydrogens (tertiary/aromatic N) is 1. The van der Waals surface area contributed by atoms with Gasteiger partial charge in [-0.3, -0.25) is 4.90 Å². The SMILES string of the molecule is COc1ccc(CN(Cc2ccco2)C[C@H](O)COCc2ccccc2)cc1. The monoisotopic (exact) mass is 381 g/mol. The zero-order valence-corrected chi connectivity index (χ0v) is 16.2. The van der Waals surface area contributed by atoms with E-state index in [1.807, 2.05) is 66.7 Å². The lowest BCUT2D eigenvalue weighted by Gasteiger charge is -2.24. The van der Waals surface area contributed by atoms with Gasteiger partial charge in [0.2, 0.25) is 0 Å². The molecular formula is C23H27NO4. The summed E-state index contributed by atoms with van der Waals surface area (Å²) in [6.45, 7) is 2.58. The first-order chi connectivity index (χ1) is 13.7. The van der Waals surface area contributed by atoms with Crippen LogP contribution in [0.4, 0.5) is 0 Å². The lowest BCUT2D eigenvalue weighted by atomic mass is 10.2. The first-order valence-corrected chi connectivity index (χ1v) is 9.40. The number of benzene rings is 2. The lowest BCUT2D eigenvalue weighted by Crippen LogP contribution is -2.34. The third kappa shape index (κ3) is 6.53. The largest absolute Gasteiger partial charge is 0.497 e. The Balaban J connectivity index is 1.54. The molecule has 0 aliphatic carbocycles. The van der Waals surface area contributed by atoms with E-state index in [9.17, 15) is 5.11 Å². The minimum Gasteiger partial charge on any atom is -0.497 e. The Morgan fingerprint density at radius 3 is 2.39 bits per heavy atom. The highest BCUT2D eigenvalue weighted by Gasteiger charge is 2.15. The van der Waals surface area contributed by atoms with Gasteiger partial charge in [-0.2, -0.15) is 0 Å². The highest BCUT2D eigenvalue weighted by molar-refractivity contribution is 5.27. The van der Waals surface area contributed by atoms with E-state index in [4.69, 9.17) is 13.9 Å². The maximum absolute atomic E-state index is 10.5. The summed E-state index contributed by atoms with van der Waals surface area (Å²) in [6.07, 6.45) is 1.08. The lowest BCUT2D eigenvalue weighted by molar-refractivity contribution is 0.00613. The van der Waals surface area contributed by atoms with Gasteiger partial charge in [-0.05, 0) is 35.4 Å². The summed E-state index contributed by atoms with van der Waals surface area (Å²) in [5.74, 6) is 1.70.